The number of benzene rings is 1. The van der Waals surface area contributed by atoms with E-state index >= 15 is 0 Å². The van der Waals surface area contributed by atoms with Crippen molar-refractivity contribution in [1.29, 1.82) is 0 Å². The van der Waals surface area contributed by atoms with Gasteiger partial charge in [0.1, 0.15) is 15.9 Å². The fraction of sp³-hybridized carbons (Fsp3) is 0.533. The summed E-state index contributed by atoms with van der Waals surface area (Å²) in [6.45, 7) is 1.97. The average molecular weight is 341 g/mol. The van der Waals surface area contributed by atoms with Gasteiger partial charge in [0.2, 0.25) is 0 Å². The maximum absolute atomic E-state index is 11.7. The second-order valence-electron chi connectivity index (χ2n) is 6.54. The average Bonchev–Trinajstić information content (AvgIpc) is 2.96. The van der Waals surface area contributed by atoms with Crippen LogP contribution in [0.5, 0.6) is 0 Å². The lowest BCUT2D eigenvalue weighted by molar-refractivity contribution is 0.00416. The van der Waals surface area contributed by atoms with E-state index in [1.54, 1.807) is 12.3 Å². The van der Waals surface area contributed by atoms with Gasteiger partial charge < -0.3 is 5.11 Å². The van der Waals surface area contributed by atoms with E-state index in [0.29, 0.717) is 17.9 Å². The zero-order chi connectivity index (χ0) is 15.7. The van der Waals surface area contributed by atoms with Crippen molar-refractivity contribution >= 4 is 32.3 Å². The zero-order valence-corrected chi connectivity index (χ0v) is 13.7. The number of hydrogen-bond donors (Lipinski definition) is 1. The van der Waals surface area contributed by atoms with Gasteiger partial charge in [-0.15, -0.1) is 0 Å². The van der Waals surface area contributed by atoms with Gasteiger partial charge in [0.05, 0.1) is 28.8 Å². The lowest BCUT2D eigenvalue weighted by atomic mass is 9.77. The molecule has 0 bridgehead atoms. The standard InChI is InChI=1S/C15H17ClN2O3S/c1-15(10-2-4-22(20,21)5-3-10)14(19)12-7-11(16)6-9-8-17-18(15)13(9)12/h6-8,10,14,19H,2-5H2,1H3. The second-order valence-corrected chi connectivity index (χ2v) is 9.28. The van der Waals surface area contributed by atoms with Gasteiger partial charge >= 0.3 is 0 Å². The monoisotopic (exact) mass is 340 g/mol. The first-order valence-electron chi connectivity index (χ1n) is 7.39. The quantitative estimate of drug-likeness (QED) is 0.864. The third kappa shape index (κ3) is 1.80. The SMILES string of the molecule is CC1(C2CCS(=O)(=O)CC2)C(O)c2cc(Cl)cc3cnn1c23. The summed E-state index contributed by atoms with van der Waals surface area (Å²) in [4.78, 5) is 0. The summed E-state index contributed by atoms with van der Waals surface area (Å²) in [5.41, 5.74) is 1.08. The van der Waals surface area contributed by atoms with Gasteiger partial charge in [-0.25, -0.2) is 8.42 Å². The van der Waals surface area contributed by atoms with E-state index in [4.69, 9.17) is 11.6 Å². The molecule has 5 nitrogen and oxygen atoms in total. The van der Waals surface area contributed by atoms with Gasteiger partial charge in [0, 0.05) is 16.0 Å². The molecule has 1 aromatic carbocycles. The van der Waals surface area contributed by atoms with Crippen LogP contribution in [0, 0.1) is 5.92 Å². The van der Waals surface area contributed by atoms with Crippen LogP contribution in [0.15, 0.2) is 18.3 Å². The molecule has 2 unspecified atom stereocenters. The van der Waals surface area contributed by atoms with Gasteiger partial charge in [0.25, 0.3) is 0 Å². The molecule has 0 amide bonds. The summed E-state index contributed by atoms with van der Waals surface area (Å²) in [5, 5.41) is 16.9. The molecular formula is C15H17ClN2O3S. The van der Waals surface area contributed by atoms with E-state index in [1.807, 2.05) is 17.7 Å². The Morgan fingerprint density at radius 2 is 2.05 bits per heavy atom. The van der Waals surface area contributed by atoms with Crippen molar-refractivity contribution < 1.29 is 13.5 Å². The van der Waals surface area contributed by atoms with Crippen molar-refractivity contribution in [2.75, 3.05) is 11.5 Å². The van der Waals surface area contributed by atoms with Crippen molar-refractivity contribution in [2.45, 2.75) is 31.4 Å². The first-order chi connectivity index (χ1) is 10.3. The molecule has 0 saturated carbocycles. The third-order valence-corrected chi connectivity index (χ3v) is 7.28. The number of aromatic nitrogens is 2. The number of nitrogens with zero attached hydrogens (tertiary/aromatic N) is 2. The molecule has 7 heteroatoms. The fourth-order valence-electron chi connectivity index (χ4n) is 4.04. The molecule has 1 saturated heterocycles. The Morgan fingerprint density at radius 1 is 1.36 bits per heavy atom. The van der Waals surface area contributed by atoms with E-state index < -0.39 is 21.5 Å². The third-order valence-electron chi connectivity index (χ3n) is 5.34. The van der Waals surface area contributed by atoms with E-state index in [-0.39, 0.29) is 17.4 Å². The molecule has 2 aromatic rings. The number of hydrogen-bond acceptors (Lipinski definition) is 4. The highest BCUT2D eigenvalue weighted by Crippen LogP contribution is 2.51. The van der Waals surface area contributed by atoms with Crippen molar-refractivity contribution in [3.05, 3.63) is 28.9 Å². The first-order valence-corrected chi connectivity index (χ1v) is 9.59. The minimum Gasteiger partial charge on any atom is -0.386 e. The largest absolute Gasteiger partial charge is 0.386 e. The predicted molar refractivity (Wildman–Crippen MR) is 84.7 cm³/mol. The van der Waals surface area contributed by atoms with Crippen LogP contribution >= 0.6 is 11.6 Å². The minimum absolute atomic E-state index is 0.0697. The predicted octanol–water partition coefficient (Wildman–Crippen LogP) is 2.28. The summed E-state index contributed by atoms with van der Waals surface area (Å²) in [7, 11) is -2.93. The maximum Gasteiger partial charge on any atom is 0.150 e. The van der Waals surface area contributed by atoms with Crippen LogP contribution in [0.4, 0.5) is 0 Å². The highest BCUT2D eigenvalue weighted by Gasteiger charge is 2.51. The molecule has 1 aromatic heterocycles. The van der Waals surface area contributed by atoms with Crippen molar-refractivity contribution in [1.82, 2.24) is 9.78 Å². The van der Waals surface area contributed by atoms with Gasteiger partial charge in [-0.2, -0.15) is 5.10 Å². The van der Waals surface area contributed by atoms with Gasteiger partial charge in [0.15, 0.2) is 0 Å². The van der Waals surface area contributed by atoms with Crippen LogP contribution in [0.3, 0.4) is 0 Å². The number of sulfone groups is 1. The summed E-state index contributed by atoms with van der Waals surface area (Å²) in [5.74, 6) is 0.434. The molecule has 4 rings (SSSR count). The normalized spacial score (nSPS) is 31.0. The minimum atomic E-state index is -2.93. The van der Waals surface area contributed by atoms with Gasteiger partial charge in [-0.1, -0.05) is 11.6 Å². The lowest BCUT2D eigenvalue weighted by Crippen LogP contribution is -2.44. The topological polar surface area (TPSA) is 72.2 Å². The number of aliphatic hydroxyl groups is 1. The van der Waals surface area contributed by atoms with Crippen LogP contribution in [0.25, 0.3) is 10.9 Å². The summed E-state index contributed by atoms with van der Waals surface area (Å²) in [6.07, 6.45) is 2.15. The number of rotatable bonds is 1. The molecule has 22 heavy (non-hydrogen) atoms. The van der Waals surface area contributed by atoms with Crippen LogP contribution < -0.4 is 0 Å². The molecule has 3 heterocycles. The summed E-state index contributed by atoms with van der Waals surface area (Å²) in [6, 6.07) is 3.63. The second kappa shape index (κ2) is 4.46. The van der Waals surface area contributed by atoms with E-state index in [2.05, 4.69) is 5.10 Å². The molecule has 0 spiro atoms. The van der Waals surface area contributed by atoms with Crippen molar-refractivity contribution in [3.63, 3.8) is 0 Å². The molecular weight excluding hydrogens is 324 g/mol. The Balaban J connectivity index is 1.83. The number of aliphatic hydroxyl groups excluding tert-OH is 1. The molecule has 118 valence electrons. The van der Waals surface area contributed by atoms with Crippen LogP contribution in [-0.4, -0.2) is 34.8 Å². The zero-order valence-electron chi connectivity index (χ0n) is 12.2. The van der Waals surface area contributed by atoms with Gasteiger partial charge in [-0.05, 0) is 37.8 Å². The number of halogens is 1. The Hall–Kier alpha value is -1.11. The smallest absolute Gasteiger partial charge is 0.150 e. The fourth-order valence-corrected chi connectivity index (χ4v) is 5.76. The molecule has 2 aliphatic rings. The summed E-state index contributed by atoms with van der Waals surface area (Å²) >= 11 is 6.14. The van der Waals surface area contributed by atoms with Crippen LogP contribution in [0.2, 0.25) is 5.02 Å². The molecule has 0 aliphatic carbocycles. The van der Waals surface area contributed by atoms with Crippen molar-refractivity contribution in [2.24, 2.45) is 5.92 Å². The summed E-state index contributed by atoms with van der Waals surface area (Å²) < 4.78 is 25.3. The Kier molecular flexibility index (Phi) is 2.94. The maximum atomic E-state index is 11.7. The first kappa shape index (κ1) is 14.5. The van der Waals surface area contributed by atoms with Crippen LogP contribution in [-0.2, 0) is 15.4 Å². The Morgan fingerprint density at radius 3 is 2.73 bits per heavy atom. The molecule has 2 atom stereocenters. The molecule has 1 N–H and O–H groups in total. The van der Waals surface area contributed by atoms with Crippen LogP contribution in [0.1, 0.15) is 31.4 Å². The Bertz CT molecular complexity index is 862. The van der Waals surface area contributed by atoms with E-state index in [9.17, 15) is 13.5 Å². The van der Waals surface area contributed by atoms with Crippen molar-refractivity contribution in [3.8, 4) is 0 Å². The highest BCUT2D eigenvalue weighted by atomic mass is 35.5. The van der Waals surface area contributed by atoms with E-state index in [1.165, 1.54) is 0 Å². The molecule has 0 radical (unpaired) electrons. The Labute approximate surface area is 133 Å². The molecule has 2 aliphatic heterocycles. The highest BCUT2D eigenvalue weighted by molar-refractivity contribution is 7.91. The van der Waals surface area contributed by atoms with Gasteiger partial charge in [-0.3, -0.25) is 4.68 Å². The lowest BCUT2D eigenvalue weighted by Gasteiger charge is -2.40. The van der Waals surface area contributed by atoms with E-state index in [0.717, 1.165) is 16.5 Å². The molecule has 1 fully saturated rings.